The molecule has 28 heavy (non-hydrogen) atoms. The second kappa shape index (κ2) is 7.66. The quantitative estimate of drug-likeness (QED) is 0.492. The Morgan fingerprint density at radius 2 is 1.86 bits per heavy atom. The number of rotatable bonds is 5. The number of aromatic nitrogens is 2. The minimum absolute atomic E-state index is 0.307. The van der Waals surface area contributed by atoms with Crippen LogP contribution in [0.15, 0.2) is 66.0 Å². The average Bonchev–Trinajstić information content (AvgIpc) is 3.35. The van der Waals surface area contributed by atoms with Crippen molar-refractivity contribution in [3.63, 3.8) is 0 Å². The number of fused-ring (bicyclic) bond motifs is 1. The van der Waals surface area contributed by atoms with Gasteiger partial charge in [-0.1, -0.05) is 48.5 Å². The van der Waals surface area contributed by atoms with E-state index in [0.29, 0.717) is 10.8 Å². The van der Waals surface area contributed by atoms with E-state index in [2.05, 4.69) is 15.3 Å². The monoisotopic (exact) mass is 391 g/mol. The number of hydrogen-bond donors (Lipinski definition) is 2. The third-order valence-corrected chi connectivity index (χ3v) is 4.96. The maximum Gasteiger partial charge on any atom is 0.355 e. The van der Waals surface area contributed by atoms with Crippen LogP contribution in [-0.2, 0) is 9.53 Å². The van der Waals surface area contributed by atoms with E-state index in [1.807, 2.05) is 60.0 Å². The van der Waals surface area contributed by atoms with Crippen LogP contribution in [0.3, 0.4) is 0 Å². The lowest BCUT2D eigenvalue weighted by molar-refractivity contribution is -0.123. The number of carbonyl (C=O) groups is 2. The van der Waals surface area contributed by atoms with Crippen LogP contribution < -0.4 is 5.32 Å². The molecule has 140 valence electrons. The Bertz CT molecular complexity index is 1100. The zero-order valence-electron chi connectivity index (χ0n) is 15.0. The zero-order valence-corrected chi connectivity index (χ0v) is 15.8. The van der Waals surface area contributed by atoms with Crippen molar-refractivity contribution in [3.8, 4) is 11.3 Å². The highest BCUT2D eigenvalue weighted by Gasteiger charge is 2.21. The SMILES string of the molecule is C[C@@H](OC(=O)c1cc2ccccc2[nH]1)C(=O)Nc1nc(-c2ccccc2)cs1. The van der Waals surface area contributed by atoms with Crippen molar-refractivity contribution < 1.29 is 14.3 Å². The molecule has 0 radical (unpaired) electrons. The van der Waals surface area contributed by atoms with Gasteiger partial charge in [0.15, 0.2) is 11.2 Å². The van der Waals surface area contributed by atoms with Gasteiger partial charge in [-0.05, 0) is 19.1 Å². The predicted molar refractivity (Wildman–Crippen MR) is 109 cm³/mol. The molecule has 0 unspecified atom stereocenters. The minimum atomic E-state index is -0.956. The Balaban J connectivity index is 1.39. The minimum Gasteiger partial charge on any atom is -0.448 e. The summed E-state index contributed by atoms with van der Waals surface area (Å²) in [5.41, 5.74) is 2.89. The second-order valence-corrected chi connectivity index (χ2v) is 7.07. The summed E-state index contributed by atoms with van der Waals surface area (Å²) >= 11 is 1.32. The van der Waals surface area contributed by atoms with E-state index in [4.69, 9.17) is 4.74 Å². The third kappa shape index (κ3) is 3.79. The number of anilines is 1. The number of carbonyl (C=O) groups excluding carboxylic acids is 2. The molecule has 2 N–H and O–H groups in total. The normalized spacial score (nSPS) is 11.9. The van der Waals surface area contributed by atoms with Gasteiger partial charge >= 0.3 is 5.97 Å². The van der Waals surface area contributed by atoms with Crippen LogP contribution in [0.25, 0.3) is 22.2 Å². The van der Waals surface area contributed by atoms with Crippen molar-refractivity contribution in [1.82, 2.24) is 9.97 Å². The molecule has 0 saturated heterocycles. The lowest BCUT2D eigenvalue weighted by atomic mass is 10.2. The summed E-state index contributed by atoms with van der Waals surface area (Å²) in [6.07, 6.45) is -0.956. The Morgan fingerprint density at radius 3 is 2.64 bits per heavy atom. The fourth-order valence-electron chi connectivity index (χ4n) is 2.74. The molecule has 7 heteroatoms. The molecule has 2 heterocycles. The summed E-state index contributed by atoms with van der Waals surface area (Å²) < 4.78 is 5.29. The van der Waals surface area contributed by atoms with Gasteiger partial charge in [-0.3, -0.25) is 10.1 Å². The predicted octanol–water partition coefficient (Wildman–Crippen LogP) is 4.48. The van der Waals surface area contributed by atoms with Crippen molar-refractivity contribution >= 4 is 39.2 Å². The summed E-state index contributed by atoms with van der Waals surface area (Å²) in [6.45, 7) is 1.53. The van der Waals surface area contributed by atoms with Crippen molar-refractivity contribution in [2.45, 2.75) is 13.0 Å². The molecule has 1 amide bonds. The molecule has 0 aliphatic carbocycles. The molecule has 0 spiro atoms. The number of benzene rings is 2. The number of hydrogen-bond acceptors (Lipinski definition) is 5. The number of amides is 1. The van der Waals surface area contributed by atoms with Crippen LogP contribution in [0, 0.1) is 0 Å². The molecule has 0 fully saturated rings. The van der Waals surface area contributed by atoms with Crippen molar-refractivity contribution in [2.24, 2.45) is 0 Å². The highest BCUT2D eigenvalue weighted by Crippen LogP contribution is 2.24. The Labute approximate surface area is 165 Å². The molecule has 2 aromatic heterocycles. The first kappa shape index (κ1) is 17.9. The number of nitrogens with one attached hydrogen (secondary N) is 2. The summed E-state index contributed by atoms with van der Waals surface area (Å²) in [5, 5.41) is 5.92. The van der Waals surface area contributed by atoms with Crippen molar-refractivity contribution in [2.75, 3.05) is 5.32 Å². The number of thiazole rings is 1. The van der Waals surface area contributed by atoms with Gasteiger partial charge in [-0.15, -0.1) is 11.3 Å². The molecule has 0 bridgehead atoms. The van der Waals surface area contributed by atoms with Crippen LogP contribution in [0.4, 0.5) is 5.13 Å². The van der Waals surface area contributed by atoms with Gasteiger partial charge in [0, 0.05) is 21.8 Å². The molecule has 4 rings (SSSR count). The third-order valence-electron chi connectivity index (χ3n) is 4.21. The van der Waals surface area contributed by atoms with Gasteiger partial charge in [0.2, 0.25) is 0 Å². The smallest absolute Gasteiger partial charge is 0.355 e. The first-order chi connectivity index (χ1) is 13.6. The van der Waals surface area contributed by atoms with E-state index in [-0.39, 0.29) is 0 Å². The fraction of sp³-hybridized carbons (Fsp3) is 0.0952. The molecule has 0 aliphatic heterocycles. The molecule has 6 nitrogen and oxygen atoms in total. The van der Waals surface area contributed by atoms with E-state index in [1.54, 1.807) is 6.07 Å². The second-order valence-electron chi connectivity index (χ2n) is 6.21. The Hall–Kier alpha value is -3.45. The van der Waals surface area contributed by atoms with E-state index in [9.17, 15) is 9.59 Å². The van der Waals surface area contributed by atoms with E-state index >= 15 is 0 Å². The molecule has 0 saturated carbocycles. The number of para-hydroxylation sites is 1. The molecule has 0 aliphatic rings. The highest BCUT2D eigenvalue weighted by molar-refractivity contribution is 7.14. The molecular weight excluding hydrogens is 374 g/mol. The highest BCUT2D eigenvalue weighted by atomic mass is 32.1. The Kier molecular flexibility index (Phi) is 4.90. The van der Waals surface area contributed by atoms with Crippen LogP contribution in [0.2, 0.25) is 0 Å². The molecule has 1 atom stereocenters. The average molecular weight is 391 g/mol. The molecule has 4 aromatic rings. The summed E-state index contributed by atoms with van der Waals surface area (Å²) in [6, 6.07) is 18.9. The fourth-order valence-corrected chi connectivity index (χ4v) is 3.46. The largest absolute Gasteiger partial charge is 0.448 e. The zero-order chi connectivity index (χ0) is 19.5. The van der Waals surface area contributed by atoms with Gasteiger partial charge < -0.3 is 9.72 Å². The summed E-state index contributed by atoms with van der Waals surface area (Å²) in [4.78, 5) is 32.1. The number of ether oxygens (including phenoxy) is 1. The van der Waals surface area contributed by atoms with Gasteiger partial charge in [-0.25, -0.2) is 9.78 Å². The number of nitrogens with zero attached hydrogens (tertiary/aromatic N) is 1. The lowest BCUT2D eigenvalue weighted by Crippen LogP contribution is -2.30. The van der Waals surface area contributed by atoms with Crippen LogP contribution in [0.1, 0.15) is 17.4 Å². The van der Waals surface area contributed by atoms with Crippen molar-refractivity contribution in [1.29, 1.82) is 0 Å². The summed E-state index contributed by atoms with van der Waals surface area (Å²) in [5.74, 6) is -1.01. The summed E-state index contributed by atoms with van der Waals surface area (Å²) in [7, 11) is 0. The number of H-pyrrole nitrogens is 1. The lowest BCUT2D eigenvalue weighted by Gasteiger charge is -2.11. The number of esters is 1. The van der Waals surface area contributed by atoms with Gasteiger partial charge in [0.25, 0.3) is 5.91 Å². The van der Waals surface area contributed by atoms with E-state index in [0.717, 1.165) is 22.2 Å². The van der Waals surface area contributed by atoms with Crippen LogP contribution in [-0.4, -0.2) is 27.9 Å². The van der Waals surface area contributed by atoms with Crippen LogP contribution in [0.5, 0.6) is 0 Å². The molecule has 2 aromatic carbocycles. The van der Waals surface area contributed by atoms with Gasteiger partial charge in [0.05, 0.1) is 5.69 Å². The van der Waals surface area contributed by atoms with Gasteiger partial charge in [0.1, 0.15) is 5.69 Å². The Morgan fingerprint density at radius 1 is 1.11 bits per heavy atom. The number of aromatic amines is 1. The standard InChI is InChI=1S/C21H17N3O3S/c1-13(27-20(26)17-11-15-9-5-6-10-16(15)22-17)19(25)24-21-23-18(12-28-21)14-7-3-2-4-8-14/h2-13,22H,1H3,(H,23,24,25)/t13-/m1/s1. The maximum atomic E-state index is 12.4. The van der Waals surface area contributed by atoms with Gasteiger partial charge in [-0.2, -0.15) is 0 Å². The van der Waals surface area contributed by atoms with E-state index < -0.39 is 18.0 Å². The van der Waals surface area contributed by atoms with Crippen LogP contribution >= 0.6 is 11.3 Å². The molecular formula is C21H17N3O3S. The maximum absolute atomic E-state index is 12.4. The first-order valence-corrected chi connectivity index (χ1v) is 9.58. The topological polar surface area (TPSA) is 84.1 Å². The van der Waals surface area contributed by atoms with Crippen molar-refractivity contribution in [3.05, 3.63) is 71.7 Å². The van der Waals surface area contributed by atoms with E-state index in [1.165, 1.54) is 18.3 Å². The first-order valence-electron chi connectivity index (χ1n) is 8.71.